The number of nitrogens with zero attached hydrogens (tertiary/aromatic N) is 2. The van der Waals surface area contributed by atoms with Gasteiger partial charge < -0.3 is 14.4 Å². The summed E-state index contributed by atoms with van der Waals surface area (Å²) in [5, 5.41) is 0. The van der Waals surface area contributed by atoms with Gasteiger partial charge in [0.2, 0.25) is 0 Å². The molecule has 0 saturated carbocycles. The van der Waals surface area contributed by atoms with Crippen LogP contribution in [0.15, 0.2) is 30.3 Å². The average Bonchev–Trinajstić information content (AvgIpc) is 2.53. The van der Waals surface area contributed by atoms with Crippen LogP contribution in [-0.2, 0) is 20.9 Å². The van der Waals surface area contributed by atoms with Gasteiger partial charge in [0.15, 0.2) is 0 Å². The first kappa shape index (κ1) is 15.3. The van der Waals surface area contributed by atoms with E-state index >= 15 is 0 Å². The number of amides is 1. The molecule has 1 heterocycles. The summed E-state index contributed by atoms with van der Waals surface area (Å²) in [4.78, 5) is 27.2. The Morgan fingerprint density at radius 2 is 1.95 bits per heavy atom. The summed E-state index contributed by atoms with van der Waals surface area (Å²) in [7, 11) is 3.19. The van der Waals surface area contributed by atoms with Crippen LogP contribution < -0.4 is 0 Å². The van der Waals surface area contributed by atoms with Gasteiger partial charge in [-0.05, 0) is 12.6 Å². The number of likely N-dealkylation sites (N-methyl/N-ethyl adjacent to an activating group) is 1. The zero-order valence-corrected chi connectivity index (χ0v) is 12.3. The lowest BCUT2D eigenvalue weighted by Gasteiger charge is -2.37. The second-order valence-corrected chi connectivity index (χ2v) is 5.01. The number of carbonyl (C=O) groups is 2. The number of esters is 1. The molecule has 1 aromatic rings. The summed E-state index contributed by atoms with van der Waals surface area (Å²) >= 11 is 0. The predicted molar refractivity (Wildman–Crippen MR) is 76.6 cm³/mol. The fourth-order valence-electron chi connectivity index (χ4n) is 2.24. The maximum Gasteiger partial charge on any atom is 0.410 e. The smallest absolute Gasteiger partial charge is 0.410 e. The Labute approximate surface area is 124 Å². The fraction of sp³-hybridized carbons (Fsp3) is 0.467. The Morgan fingerprint density at radius 1 is 1.24 bits per heavy atom. The number of methoxy groups -OCH3 is 1. The summed E-state index contributed by atoms with van der Waals surface area (Å²) in [6, 6.07) is 9.06. The van der Waals surface area contributed by atoms with Crippen LogP contribution in [0.25, 0.3) is 0 Å². The highest BCUT2D eigenvalue weighted by atomic mass is 16.6. The van der Waals surface area contributed by atoms with Gasteiger partial charge in [0.1, 0.15) is 12.6 Å². The number of ether oxygens (including phenoxy) is 2. The van der Waals surface area contributed by atoms with Crippen molar-refractivity contribution >= 4 is 12.1 Å². The number of benzene rings is 1. The van der Waals surface area contributed by atoms with E-state index in [4.69, 9.17) is 9.47 Å². The molecule has 0 aromatic heterocycles. The molecule has 1 unspecified atom stereocenters. The molecule has 0 N–H and O–H groups in total. The fourth-order valence-corrected chi connectivity index (χ4v) is 2.24. The van der Waals surface area contributed by atoms with Crippen molar-refractivity contribution in [2.75, 3.05) is 33.8 Å². The van der Waals surface area contributed by atoms with E-state index in [1.807, 2.05) is 42.3 Å². The van der Waals surface area contributed by atoms with Gasteiger partial charge in [0, 0.05) is 13.1 Å². The monoisotopic (exact) mass is 292 g/mol. The summed E-state index contributed by atoms with van der Waals surface area (Å²) in [5.74, 6) is -0.335. The molecule has 1 aliphatic rings. The van der Waals surface area contributed by atoms with Crippen molar-refractivity contribution in [2.24, 2.45) is 0 Å². The second kappa shape index (κ2) is 7.08. The third-order valence-electron chi connectivity index (χ3n) is 3.58. The highest BCUT2D eigenvalue weighted by Gasteiger charge is 2.33. The number of carbonyl (C=O) groups excluding carboxylic acids is 2. The van der Waals surface area contributed by atoms with E-state index < -0.39 is 12.1 Å². The Bertz CT molecular complexity index is 492. The number of rotatable bonds is 3. The Balaban J connectivity index is 1.89. The minimum absolute atomic E-state index is 0.231. The van der Waals surface area contributed by atoms with Crippen LogP contribution in [0.3, 0.4) is 0 Å². The molecule has 1 atom stereocenters. The first-order chi connectivity index (χ1) is 10.1. The molecule has 21 heavy (non-hydrogen) atoms. The van der Waals surface area contributed by atoms with Gasteiger partial charge in [-0.3, -0.25) is 9.69 Å². The van der Waals surface area contributed by atoms with E-state index in [-0.39, 0.29) is 19.1 Å². The molecule has 2 rings (SSSR count). The molecular weight excluding hydrogens is 272 g/mol. The average molecular weight is 292 g/mol. The topological polar surface area (TPSA) is 59.1 Å². The van der Waals surface area contributed by atoms with Crippen LogP contribution in [0.5, 0.6) is 0 Å². The molecule has 114 valence electrons. The van der Waals surface area contributed by atoms with E-state index in [0.717, 1.165) is 5.56 Å². The Hall–Kier alpha value is -2.08. The molecule has 0 aliphatic carbocycles. The number of hydrogen-bond acceptors (Lipinski definition) is 5. The second-order valence-electron chi connectivity index (χ2n) is 5.01. The summed E-state index contributed by atoms with van der Waals surface area (Å²) in [6.45, 7) is 1.67. The molecule has 1 saturated heterocycles. The number of piperazine rings is 1. The van der Waals surface area contributed by atoms with Gasteiger partial charge in [-0.15, -0.1) is 0 Å². The van der Waals surface area contributed by atoms with E-state index in [2.05, 4.69) is 0 Å². The van der Waals surface area contributed by atoms with Crippen LogP contribution in [0.1, 0.15) is 5.56 Å². The molecule has 1 amide bonds. The van der Waals surface area contributed by atoms with Gasteiger partial charge in [-0.1, -0.05) is 30.3 Å². The minimum atomic E-state index is -0.437. The zero-order valence-electron chi connectivity index (χ0n) is 12.3. The van der Waals surface area contributed by atoms with Crippen molar-refractivity contribution < 1.29 is 19.1 Å². The minimum Gasteiger partial charge on any atom is -0.468 e. The van der Waals surface area contributed by atoms with Crippen LogP contribution in [0.2, 0.25) is 0 Å². The first-order valence-electron chi connectivity index (χ1n) is 6.85. The summed E-state index contributed by atoms with van der Waals surface area (Å²) < 4.78 is 10.0. The Morgan fingerprint density at radius 3 is 2.62 bits per heavy atom. The largest absolute Gasteiger partial charge is 0.468 e. The van der Waals surface area contributed by atoms with Crippen LogP contribution in [0, 0.1) is 0 Å². The van der Waals surface area contributed by atoms with E-state index in [9.17, 15) is 9.59 Å². The van der Waals surface area contributed by atoms with Gasteiger partial charge in [0.05, 0.1) is 13.7 Å². The normalized spacial score (nSPS) is 19.1. The summed E-state index contributed by atoms with van der Waals surface area (Å²) in [6.07, 6.45) is -0.402. The molecule has 1 aromatic carbocycles. The van der Waals surface area contributed by atoms with Crippen LogP contribution in [-0.4, -0.2) is 61.7 Å². The first-order valence-corrected chi connectivity index (χ1v) is 6.85. The van der Waals surface area contributed by atoms with Crippen LogP contribution in [0.4, 0.5) is 4.79 Å². The van der Waals surface area contributed by atoms with Crippen molar-refractivity contribution in [3.63, 3.8) is 0 Å². The molecule has 6 heteroatoms. The third-order valence-corrected chi connectivity index (χ3v) is 3.58. The predicted octanol–water partition coefficient (Wildman–Crippen LogP) is 1.11. The third kappa shape index (κ3) is 3.95. The van der Waals surface area contributed by atoms with Crippen molar-refractivity contribution in [3.8, 4) is 0 Å². The Kier molecular flexibility index (Phi) is 5.16. The maximum atomic E-state index is 12.1. The maximum absolute atomic E-state index is 12.1. The molecule has 0 radical (unpaired) electrons. The lowest BCUT2D eigenvalue weighted by atomic mass is 10.2. The molecule has 0 spiro atoms. The van der Waals surface area contributed by atoms with E-state index in [1.165, 1.54) is 7.11 Å². The highest BCUT2D eigenvalue weighted by molar-refractivity contribution is 5.77. The molecule has 0 bridgehead atoms. The van der Waals surface area contributed by atoms with Gasteiger partial charge in [0.25, 0.3) is 0 Å². The van der Waals surface area contributed by atoms with Gasteiger partial charge in [-0.2, -0.15) is 0 Å². The molecule has 1 fully saturated rings. The molecular formula is C15H20N2O4. The summed E-state index contributed by atoms with van der Waals surface area (Å²) in [5.41, 5.74) is 0.935. The van der Waals surface area contributed by atoms with E-state index in [0.29, 0.717) is 13.1 Å². The van der Waals surface area contributed by atoms with E-state index in [1.54, 1.807) is 4.90 Å². The quantitative estimate of drug-likeness (QED) is 0.781. The van der Waals surface area contributed by atoms with Gasteiger partial charge >= 0.3 is 12.1 Å². The van der Waals surface area contributed by atoms with Crippen molar-refractivity contribution in [3.05, 3.63) is 35.9 Å². The van der Waals surface area contributed by atoms with Crippen LogP contribution >= 0.6 is 0 Å². The van der Waals surface area contributed by atoms with Gasteiger partial charge in [-0.25, -0.2) is 4.79 Å². The standard InChI is InChI=1S/C15H20N2O4/c1-16-8-9-17(10-13(16)14(18)20-2)15(19)21-11-12-6-4-3-5-7-12/h3-7,13H,8-11H2,1-2H3. The SMILES string of the molecule is COC(=O)C1CN(C(=O)OCc2ccccc2)CCN1C. The lowest BCUT2D eigenvalue weighted by molar-refractivity contribution is -0.148. The molecule has 6 nitrogen and oxygen atoms in total. The van der Waals surface area contributed by atoms with Crippen molar-refractivity contribution in [2.45, 2.75) is 12.6 Å². The zero-order chi connectivity index (χ0) is 15.2. The molecule has 1 aliphatic heterocycles. The highest BCUT2D eigenvalue weighted by Crippen LogP contribution is 2.11. The lowest BCUT2D eigenvalue weighted by Crippen LogP contribution is -2.56. The van der Waals surface area contributed by atoms with Crippen molar-refractivity contribution in [1.82, 2.24) is 9.80 Å². The van der Waals surface area contributed by atoms with Crippen molar-refractivity contribution in [1.29, 1.82) is 0 Å². The number of hydrogen-bond donors (Lipinski definition) is 0.